The lowest BCUT2D eigenvalue weighted by Gasteiger charge is -2.05. The molecule has 0 saturated carbocycles. The molecule has 0 saturated heterocycles. The maximum Gasteiger partial charge on any atom is 0.0452 e. The van der Waals surface area contributed by atoms with Crippen LogP contribution in [-0.4, -0.2) is 4.57 Å². The van der Waals surface area contributed by atoms with E-state index in [-0.39, 0.29) is 0 Å². The van der Waals surface area contributed by atoms with Crippen molar-refractivity contribution in [2.24, 2.45) is 0 Å². The molecule has 0 bridgehead atoms. The van der Waals surface area contributed by atoms with Crippen molar-refractivity contribution in [3.63, 3.8) is 0 Å². The van der Waals surface area contributed by atoms with Gasteiger partial charge in [-0.15, -0.1) is 0 Å². The van der Waals surface area contributed by atoms with Crippen LogP contribution in [0.3, 0.4) is 0 Å². The second-order valence-corrected chi connectivity index (χ2v) is 3.36. The SMILES string of the molecule is Cc1ccc(-n2cccc2C)cc1. The first kappa shape index (κ1) is 8.11. The van der Waals surface area contributed by atoms with Gasteiger partial charge >= 0.3 is 0 Å². The van der Waals surface area contributed by atoms with Crippen LogP contribution in [0.15, 0.2) is 42.6 Å². The lowest BCUT2D eigenvalue weighted by Crippen LogP contribution is -1.93. The smallest absolute Gasteiger partial charge is 0.0452 e. The Bertz CT molecular complexity index is 395. The van der Waals surface area contributed by atoms with Crippen LogP contribution in [0.25, 0.3) is 5.69 Å². The van der Waals surface area contributed by atoms with Crippen molar-refractivity contribution in [2.75, 3.05) is 0 Å². The summed E-state index contributed by atoms with van der Waals surface area (Å²) < 4.78 is 2.18. The van der Waals surface area contributed by atoms with Crippen LogP contribution in [0.4, 0.5) is 0 Å². The molecule has 0 amide bonds. The summed E-state index contributed by atoms with van der Waals surface area (Å²) in [6, 6.07) is 12.7. The number of rotatable bonds is 1. The number of hydrogen-bond acceptors (Lipinski definition) is 0. The molecular weight excluding hydrogens is 158 g/mol. The van der Waals surface area contributed by atoms with Gasteiger partial charge in [-0.05, 0) is 38.1 Å². The van der Waals surface area contributed by atoms with Crippen LogP contribution in [0, 0.1) is 13.8 Å². The number of benzene rings is 1. The largest absolute Gasteiger partial charge is 0.321 e. The third-order valence-electron chi connectivity index (χ3n) is 2.26. The minimum atomic E-state index is 1.23. The second-order valence-electron chi connectivity index (χ2n) is 3.36. The van der Waals surface area contributed by atoms with Crippen LogP contribution < -0.4 is 0 Å². The Morgan fingerprint density at radius 1 is 0.923 bits per heavy atom. The van der Waals surface area contributed by atoms with Crippen molar-refractivity contribution in [1.82, 2.24) is 4.57 Å². The fourth-order valence-corrected chi connectivity index (χ4v) is 1.46. The van der Waals surface area contributed by atoms with Gasteiger partial charge in [0.25, 0.3) is 0 Å². The molecule has 0 unspecified atom stereocenters. The minimum absolute atomic E-state index is 1.23. The number of nitrogens with zero attached hydrogens (tertiary/aromatic N) is 1. The van der Waals surface area contributed by atoms with E-state index in [9.17, 15) is 0 Å². The van der Waals surface area contributed by atoms with Gasteiger partial charge < -0.3 is 4.57 Å². The van der Waals surface area contributed by atoms with Crippen molar-refractivity contribution >= 4 is 0 Å². The number of aromatic nitrogens is 1. The molecule has 66 valence electrons. The van der Waals surface area contributed by atoms with Crippen molar-refractivity contribution in [3.05, 3.63) is 53.9 Å². The Morgan fingerprint density at radius 3 is 2.15 bits per heavy atom. The first-order valence-corrected chi connectivity index (χ1v) is 4.48. The molecule has 1 aromatic heterocycles. The molecule has 1 heteroatoms. The monoisotopic (exact) mass is 171 g/mol. The molecule has 1 aromatic carbocycles. The average Bonchev–Trinajstić information content (AvgIpc) is 2.53. The third kappa shape index (κ3) is 1.50. The lowest BCUT2D eigenvalue weighted by atomic mass is 10.2. The molecule has 0 aliphatic carbocycles. The fourth-order valence-electron chi connectivity index (χ4n) is 1.46. The first-order valence-electron chi connectivity index (χ1n) is 4.48. The van der Waals surface area contributed by atoms with Gasteiger partial charge in [0.05, 0.1) is 0 Å². The number of aryl methyl sites for hydroxylation is 2. The van der Waals surface area contributed by atoms with Crippen molar-refractivity contribution in [3.8, 4) is 5.69 Å². The maximum atomic E-state index is 2.18. The molecule has 0 aliphatic heterocycles. The predicted molar refractivity (Wildman–Crippen MR) is 55.2 cm³/mol. The van der Waals surface area contributed by atoms with Crippen LogP contribution in [0.1, 0.15) is 11.3 Å². The van der Waals surface area contributed by atoms with Gasteiger partial charge in [0.15, 0.2) is 0 Å². The predicted octanol–water partition coefficient (Wildman–Crippen LogP) is 3.09. The van der Waals surface area contributed by atoms with E-state index < -0.39 is 0 Å². The molecule has 2 aromatic rings. The molecule has 0 fully saturated rings. The molecule has 1 nitrogen and oxygen atoms in total. The van der Waals surface area contributed by atoms with Crippen LogP contribution >= 0.6 is 0 Å². The van der Waals surface area contributed by atoms with Gasteiger partial charge in [-0.2, -0.15) is 0 Å². The highest BCUT2D eigenvalue weighted by Gasteiger charge is 1.96. The number of hydrogen-bond donors (Lipinski definition) is 0. The first-order chi connectivity index (χ1) is 6.27. The highest BCUT2D eigenvalue weighted by Crippen LogP contribution is 2.12. The molecule has 0 spiro atoms. The summed E-state index contributed by atoms with van der Waals surface area (Å²) in [7, 11) is 0. The van der Waals surface area contributed by atoms with Gasteiger partial charge in [-0.25, -0.2) is 0 Å². The van der Waals surface area contributed by atoms with E-state index in [1.165, 1.54) is 16.9 Å². The second kappa shape index (κ2) is 3.09. The summed E-state index contributed by atoms with van der Waals surface area (Å²) in [5.74, 6) is 0. The molecule has 2 rings (SSSR count). The van der Waals surface area contributed by atoms with E-state index >= 15 is 0 Å². The van der Waals surface area contributed by atoms with E-state index in [1.54, 1.807) is 0 Å². The summed E-state index contributed by atoms with van der Waals surface area (Å²) >= 11 is 0. The summed E-state index contributed by atoms with van der Waals surface area (Å²) in [6.07, 6.45) is 2.08. The van der Waals surface area contributed by atoms with E-state index in [4.69, 9.17) is 0 Å². The Balaban J connectivity index is 2.47. The molecule has 0 N–H and O–H groups in total. The minimum Gasteiger partial charge on any atom is -0.321 e. The lowest BCUT2D eigenvalue weighted by molar-refractivity contribution is 1.01. The van der Waals surface area contributed by atoms with E-state index in [2.05, 4.69) is 61.0 Å². The zero-order chi connectivity index (χ0) is 9.26. The van der Waals surface area contributed by atoms with Crippen LogP contribution in [0.5, 0.6) is 0 Å². The van der Waals surface area contributed by atoms with Gasteiger partial charge in [-0.1, -0.05) is 17.7 Å². The zero-order valence-corrected chi connectivity index (χ0v) is 7.99. The van der Waals surface area contributed by atoms with Gasteiger partial charge in [0.2, 0.25) is 0 Å². The Hall–Kier alpha value is -1.50. The summed E-state index contributed by atoms with van der Waals surface area (Å²) in [4.78, 5) is 0. The third-order valence-corrected chi connectivity index (χ3v) is 2.26. The Kier molecular flexibility index (Phi) is 1.93. The zero-order valence-electron chi connectivity index (χ0n) is 7.99. The average molecular weight is 171 g/mol. The van der Waals surface area contributed by atoms with Crippen molar-refractivity contribution < 1.29 is 0 Å². The summed E-state index contributed by atoms with van der Waals surface area (Å²) in [6.45, 7) is 4.21. The molecule has 0 aliphatic rings. The van der Waals surface area contributed by atoms with Crippen LogP contribution in [0.2, 0.25) is 0 Å². The Morgan fingerprint density at radius 2 is 1.62 bits per heavy atom. The molecule has 0 radical (unpaired) electrons. The highest BCUT2D eigenvalue weighted by molar-refractivity contribution is 5.36. The van der Waals surface area contributed by atoms with Crippen molar-refractivity contribution in [1.29, 1.82) is 0 Å². The Labute approximate surface area is 78.6 Å². The highest BCUT2D eigenvalue weighted by atomic mass is 15.0. The van der Waals surface area contributed by atoms with Gasteiger partial charge in [-0.3, -0.25) is 0 Å². The fraction of sp³-hybridized carbons (Fsp3) is 0.167. The van der Waals surface area contributed by atoms with E-state index in [0.717, 1.165) is 0 Å². The van der Waals surface area contributed by atoms with Gasteiger partial charge in [0.1, 0.15) is 0 Å². The topological polar surface area (TPSA) is 4.93 Å². The summed E-state index contributed by atoms with van der Waals surface area (Å²) in [5, 5.41) is 0. The van der Waals surface area contributed by atoms with E-state index in [1.807, 2.05) is 0 Å². The molecule has 1 heterocycles. The molecular formula is C12H13N. The maximum absolute atomic E-state index is 2.18. The van der Waals surface area contributed by atoms with Crippen molar-refractivity contribution in [2.45, 2.75) is 13.8 Å². The molecule has 13 heavy (non-hydrogen) atoms. The molecule has 0 atom stereocenters. The normalized spacial score (nSPS) is 10.3. The quantitative estimate of drug-likeness (QED) is 0.621. The standard InChI is InChI=1S/C12H13N/c1-10-5-7-12(8-6-10)13-9-3-4-11(13)2/h3-9H,1-2H3. The van der Waals surface area contributed by atoms with Gasteiger partial charge in [0, 0.05) is 17.6 Å². The van der Waals surface area contributed by atoms with E-state index in [0.29, 0.717) is 0 Å². The summed E-state index contributed by atoms with van der Waals surface area (Å²) in [5.41, 5.74) is 3.80. The van der Waals surface area contributed by atoms with Crippen LogP contribution in [-0.2, 0) is 0 Å².